The van der Waals surface area contributed by atoms with Gasteiger partial charge < -0.3 is 0 Å². The highest BCUT2D eigenvalue weighted by atomic mass is 35.5. The van der Waals surface area contributed by atoms with E-state index in [1.54, 1.807) is 6.20 Å². The number of hydrogen-bond donors (Lipinski definition) is 0. The summed E-state index contributed by atoms with van der Waals surface area (Å²) in [5.41, 5.74) is 4.33. The lowest BCUT2D eigenvalue weighted by Gasteiger charge is -2.10. The standard InChI is InChI=1S/C22H14Cl2N4/c23-15-8-10-16(11-9-15)27-14-12-25-22(27)21-20(17-5-1-2-6-18(17)24)26-19-7-3-4-13-28(19)21/h1-14H. The van der Waals surface area contributed by atoms with Gasteiger partial charge in [-0.1, -0.05) is 47.5 Å². The molecule has 0 unspecified atom stereocenters. The summed E-state index contributed by atoms with van der Waals surface area (Å²) >= 11 is 12.6. The smallest absolute Gasteiger partial charge is 0.163 e. The molecule has 0 aliphatic heterocycles. The number of benzene rings is 2. The Morgan fingerprint density at radius 3 is 2.39 bits per heavy atom. The Morgan fingerprint density at radius 2 is 1.57 bits per heavy atom. The van der Waals surface area contributed by atoms with Crippen LogP contribution in [0.3, 0.4) is 0 Å². The molecular weight excluding hydrogens is 391 g/mol. The normalized spacial score (nSPS) is 11.2. The number of fused-ring (bicyclic) bond motifs is 1. The van der Waals surface area contributed by atoms with E-state index in [1.165, 1.54) is 0 Å². The quantitative estimate of drug-likeness (QED) is 0.360. The van der Waals surface area contributed by atoms with Crippen LogP contribution in [-0.2, 0) is 0 Å². The first kappa shape index (κ1) is 17.0. The molecule has 0 spiro atoms. The van der Waals surface area contributed by atoms with Crippen molar-refractivity contribution in [1.29, 1.82) is 0 Å². The first-order chi connectivity index (χ1) is 13.7. The van der Waals surface area contributed by atoms with Gasteiger partial charge in [-0.15, -0.1) is 0 Å². The minimum atomic E-state index is 0.650. The van der Waals surface area contributed by atoms with E-state index in [-0.39, 0.29) is 0 Å². The Morgan fingerprint density at radius 1 is 0.786 bits per heavy atom. The van der Waals surface area contributed by atoms with E-state index in [0.29, 0.717) is 10.0 Å². The van der Waals surface area contributed by atoms with Gasteiger partial charge in [-0.2, -0.15) is 0 Å². The Kier molecular flexibility index (Phi) is 4.15. The number of rotatable bonds is 3. The summed E-state index contributed by atoms with van der Waals surface area (Å²) in [7, 11) is 0. The second-order valence-corrected chi connectivity index (χ2v) is 7.16. The van der Waals surface area contributed by atoms with Crippen LogP contribution in [0.1, 0.15) is 0 Å². The summed E-state index contributed by atoms with van der Waals surface area (Å²) in [5, 5.41) is 1.34. The third-order valence-electron chi connectivity index (χ3n) is 4.62. The predicted octanol–water partition coefficient (Wildman–Crippen LogP) is 6.16. The SMILES string of the molecule is Clc1ccc(-n2ccnc2-c2c(-c3ccccc3Cl)nc3ccccn23)cc1. The molecule has 136 valence electrons. The highest BCUT2D eigenvalue weighted by Gasteiger charge is 2.21. The predicted molar refractivity (Wildman–Crippen MR) is 113 cm³/mol. The molecule has 0 amide bonds. The molecular formula is C22H14Cl2N4. The number of halogens is 2. The zero-order valence-corrected chi connectivity index (χ0v) is 16.1. The minimum absolute atomic E-state index is 0.650. The molecule has 0 aliphatic rings. The molecule has 3 aromatic heterocycles. The summed E-state index contributed by atoms with van der Waals surface area (Å²) in [4.78, 5) is 9.50. The van der Waals surface area contributed by atoms with Gasteiger partial charge in [0.25, 0.3) is 0 Å². The van der Waals surface area contributed by atoms with Crippen LogP contribution >= 0.6 is 23.2 Å². The molecule has 0 atom stereocenters. The fraction of sp³-hybridized carbons (Fsp3) is 0. The van der Waals surface area contributed by atoms with Gasteiger partial charge in [0, 0.05) is 34.9 Å². The number of pyridine rings is 1. The van der Waals surface area contributed by atoms with Crippen molar-refractivity contribution in [3.8, 4) is 28.5 Å². The minimum Gasteiger partial charge on any atom is -0.298 e. The topological polar surface area (TPSA) is 35.1 Å². The van der Waals surface area contributed by atoms with Crippen molar-refractivity contribution in [1.82, 2.24) is 18.9 Å². The van der Waals surface area contributed by atoms with E-state index in [1.807, 2.05) is 88.1 Å². The first-order valence-corrected chi connectivity index (χ1v) is 9.49. The molecule has 0 saturated carbocycles. The maximum atomic E-state index is 6.50. The molecule has 2 aromatic carbocycles. The van der Waals surface area contributed by atoms with Crippen molar-refractivity contribution >= 4 is 28.8 Å². The highest BCUT2D eigenvalue weighted by Crippen LogP contribution is 2.36. The van der Waals surface area contributed by atoms with Crippen molar-refractivity contribution in [3.63, 3.8) is 0 Å². The average molecular weight is 405 g/mol. The fourth-order valence-electron chi connectivity index (χ4n) is 3.34. The average Bonchev–Trinajstić information content (AvgIpc) is 3.33. The van der Waals surface area contributed by atoms with E-state index in [9.17, 15) is 0 Å². The lowest BCUT2D eigenvalue weighted by Crippen LogP contribution is -2.00. The van der Waals surface area contributed by atoms with Gasteiger partial charge in [0.2, 0.25) is 0 Å². The van der Waals surface area contributed by atoms with Crippen LogP contribution in [-0.4, -0.2) is 18.9 Å². The van der Waals surface area contributed by atoms with Crippen molar-refractivity contribution in [2.24, 2.45) is 0 Å². The number of nitrogens with zero attached hydrogens (tertiary/aromatic N) is 4. The molecule has 4 nitrogen and oxygen atoms in total. The summed E-state index contributed by atoms with van der Waals surface area (Å²) in [6.45, 7) is 0. The third kappa shape index (κ3) is 2.78. The maximum Gasteiger partial charge on any atom is 0.163 e. The summed E-state index contributed by atoms with van der Waals surface area (Å²) in [6, 6.07) is 21.3. The molecule has 0 N–H and O–H groups in total. The van der Waals surface area contributed by atoms with Crippen molar-refractivity contribution in [3.05, 3.63) is 95.4 Å². The van der Waals surface area contributed by atoms with Crippen LogP contribution in [0.5, 0.6) is 0 Å². The summed E-state index contributed by atoms with van der Waals surface area (Å²) in [5.74, 6) is 0.774. The number of hydrogen-bond acceptors (Lipinski definition) is 2. The lowest BCUT2D eigenvalue weighted by molar-refractivity contribution is 1.04. The summed E-state index contributed by atoms with van der Waals surface area (Å²) in [6.07, 6.45) is 5.69. The molecule has 0 fully saturated rings. The van der Waals surface area contributed by atoms with Crippen LogP contribution in [0.4, 0.5) is 0 Å². The van der Waals surface area contributed by atoms with Gasteiger partial charge in [-0.3, -0.25) is 8.97 Å². The molecule has 0 saturated heterocycles. The second-order valence-electron chi connectivity index (χ2n) is 6.31. The van der Waals surface area contributed by atoms with Gasteiger partial charge in [0.1, 0.15) is 17.0 Å². The molecule has 5 rings (SSSR count). The molecule has 0 aliphatic carbocycles. The zero-order valence-electron chi connectivity index (χ0n) is 14.6. The third-order valence-corrected chi connectivity index (χ3v) is 5.20. The van der Waals surface area contributed by atoms with E-state index < -0.39 is 0 Å². The van der Waals surface area contributed by atoms with Crippen molar-refractivity contribution in [2.75, 3.05) is 0 Å². The monoisotopic (exact) mass is 404 g/mol. The zero-order chi connectivity index (χ0) is 19.1. The Labute approximate surface area is 171 Å². The van der Waals surface area contributed by atoms with Crippen LogP contribution in [0, 0.1) is 0 Å². The number of aromatic nitrogens is 4. The van der Waals surface area contributed by atoms with E-state index in [0.717, 1.165) is 34.1 Å². The molecule has 3 heterocycles. The van der Waals surface area contributed by atoms with Gasteiger partial charge in [-0.05, 0) is 42.5 Å². The van der Waals surface area contributed by atoms with Gasteiger partial charge >= 0.3 is 0 Å². The summed E-state index contributed by atoms with van der Waals surface area (Å²) < 4.78 is 4.06. The fourth-order valence-corrected chi connectivity index (χ4v) is 3.69. The van der Waals surface area contributed by atoms with Crippen LogP contribution in [0.15, 0.2) is 85.3 Å². The molecule has 5 aromatic rings. The van der Waals surface area contributed by atoms with Crippen LogP contribution in [0.2, 0.25) is 10.0 Å². The largest absolute Gasteiger partial charge is 0.298 e. The van der Waals surface area contributed by atoms with Gasteiger partial charge in [0.15, 0.2) is 5.82 Å². The van der Waals surface area contributed by atoms with Gasteiger partial charge in [0.05, 0.1) is 5.02 Å². The number of imidazole rings is 2. The Bertz CT molecular complexity index is 1290. The first-order valence-electron chi connectivity index (χ1n) is 8.74. The van der Waals surface area contributed by atoms with E-state index >= 15 is 0 Å². The highest BCUT2D eigenvalue weighted by molar-refractivity contribution is 6.33. The Hall–Kier alpha value is -3.08. The van der Waals surface area contributed by atoms with Crippen molar-refractivity contribution in [2.45, 2.75) is 0 Å². The molecule has 0 radical (unpaired) electrons. The van der Waals surface area contributed by atoms with Crippen LogP contribution < -0.4 is 0 Å². The van der Waals surface area contributed by atoms with E-state index in [4.69, 9.17) is 28.2 Å². The second kappa shape index (κ2) is 6.82. The lowest BCUT2D eigenvalue weighted by atomic mass is 10.1. The molecule has 0 bridgehead atoms. The van der Waals surface area contributed by atoms with Crippen molar-refractivity contribution < 1.29 is 0 Å². The molecule has 6 heteroatoms. The molecule has 28 heavy (non-hydrogen) atoms. The van der Waals surface area contributed by atoms with Crippen LogP contribution in [0.25, 0.3) is 34.1 Å². The van der Waals surface area contributed by atoms with E-state index in [2.05, 4.69) is 4.98 Å². The maximum absolute atomic E-state index is 6.50. The van der Waals surface area contributed by atoms with Gasteiger partial charge in [-0.25, -0.2) is 9.97 Å². The Balaban J connectivity index is 1.81.